The van der Waals surface area contributed by atoms with E-state index in [9.17, 15) is 14.7 Å². The average molecular weight is 416 g/mol. The van der Waals surface area contributed by atoms with Gasteiger partial charge in [0, 0.05) is 12.5 Å². The van der Waals surface area contributed by atoms with Gasteiger partial charge in [-0.2, -0.15) is 0 Å². The Kier molecular flexibility index (Phi) is 7.57. The molecule has 3 rings (SSSR count). The fraction of sp³-hybridized carbons (Fsp3) is 0.231. The van der Waals surface area contributed by atoms with Gasteiger partial charge in [-0.15, -0.1) is 0 Å². The van der Waals surface area contributed by atoms with Gasteiger partial charge in [-0.1, -0.05) is 91.0 Å². The van der Waals surface area contributed by atoms with Crippen molar-refractivity contribution in [2.24, 2.45) is 0 Å². The van der Waals surface area contributed by atoms with Crippen LogP contribution in [0.4, 0.5) is 0 Å². The quantitative estimate of drug-likeness (QED) is 0.406. The van der Waals surface area contributed by atoms with E-state index in [1.807, 2.05) is 91.0 Å². The number of carbonyl (C=O) groups excluding carboxylic acids is 2. The van der Waals surface area contributed by atoms with E-state index >= 15 is 0 Å². The summed E-state index contributed by atoms with van der Waals surface area (Å²) >= 11 is 0. The van der Waals surface area contributed by atoms with Crippen LogP contribution in [0.3, 0.4) is 0 Å². The van der Waals surface area contributed by atoms with E-state index < -0.39 is 23.5 Å². The summed E-state index contributed by atoms with van der Waals surface area (Å²) in [6.45, 7) is 1.97. The highest BCUT2D eigenvalue weighted by atomic mass is 16.5. The molecular weight excluding hydrogens is 390 g/mol. The Morgan fingerprint density at radius 1 is 0.839 bits per heavy atom. The Bertz CT molecular complexity index is 877. The zero-order chi connectivity index (χ0) is 22.1. The van der Waals surface area contributed by atoms with Crippen molar-refractivity contribution in [3.63, 3.8) is 0 Å². The van der Waals surface area contributed by atoms with Crippen LogP contribution in [-0.4, -0.2) is 24.6 Å². The zero-order valence-corrected chi connectivity index (χ0v) is 17.5. The Morgan fingerprint density at radius 3 is 1.61 bits per heavy atom. The highest BCUT2D eigenvalue weighted by molar-refractivity contribution is 5.74. The molecule has 0 saturated carbocycles. The molecule has 0 radical (unpaired) electrons. The number of hydrogen-bond donors (Lipinski definition) is 1. The molecule has 0 spiro atoms. The molecule has 0 aliphatic rings. The highest BCUT2D eigenvalue weighted by Gasteiger charge is 2.38. The molecule has 31 heavy (non-hydrogen) atoms. The maximum atomic E-state index is 12.1. The zero-order valence-electron chi connectivity index (χ0n) is 17.5. The van der Waals surface area contributed by atoms with Gasteiger partial charge in [0.1, 0.15) is 0 Å². The van der Waals surface area contributed by atoms with Gasteiger partial charge >= 0.3 is 5.97 Å². The molecule has 0 bridgehead atoms. The fourth-order valence-electron chi connectivity index (χ4n) is 3.82. The van der Waals surface area contributed by atoms with Crippen LogP contribution in [0.1, 0.15) is 36.5 Å². The minimum Gasteiger partial charge on any atom is -0.548 e. The molecular formula is C26H26NO4-. The summed E-state index contributed by atoms with van der Waals surface area (Å²) in [6.07, 6.45) is 0.0311. The number of hydrogen-bond acceptors (Lipinski definition) is 5. The molecule has 0 aliphatic heterocycles. The molecule has 1 N–H and O–H groups in total. The standard InChI is InChI=1S/C26H27NO4/c1-2-31-24(28)19-18-23(25(29)30)27-26(20-12-6-3-7-13-20,21-14-8-4-9-15-21)22-16-10-5-11-17-22/h3-17,23,27H,2,18-19H2,1H3,(H,29,30)/p-1/t23-/m0/s1. The summed E-state index contributed by atoms with van der Waals surface area (Å²) in [7, 11) is 0. The summed E-state index contributed by atoms with van der Waals surface area (Å²) in [5, 5.41) is 15.5. The van der Waals surface area contributed by atoms with Crippen LogP contribution in [0.15, 0.2) is 91.0 Å². The van der Waals surface area contributed by atoms with Gasteiger partial charge in [0.15, 0.2) is 0 Å². The van der Waals surface area contributed by atoms with Crippen LogP contribution in [0.5, 0.6) is 0 Å². The molecule has 0 fully saturated rings. The molecule has 0 heterocycles. The third-order valence-electron chi connectivity index (χ3n) is 5.24. The van der Waals surface area contributed by atoms with Gasteiger partial charge in [-0.25, -0.2) is 0 Å². The second kappa shape index (κ2) is 10.5. The number of benzene rings is 3. The van der Waals surface area contributed by atoms with Crippen LogP contribution in [0.2, 0.25) is 0 Å². The minimum absolute atomic E-state index is 0.0199. The van der Waals surface area contributed by atoms with E-state index in [0.29, 0.717) is 0 Å². The van der Waals surface area contributed by atoms with Gasteiger partial charge in [-0.3, -0.25) is 10.1 Å². The number of carboxylic acids is 1. The van der Waals surface area contributed by atoms with Crippen LogP contribution in [0, 0.1) is 0 Å². The predicted octanol–water partition coefficient (Wildman–Crippen LogP) is 3.03. The summed E-state index contributed by atoms with van der Waals surface area (Å²) in [6, 6.07) is 28.0. The maximum Gasteiger partial charge on any atom is 0.305 e. The Morgan fingerprint density at radius 2 is 1.26 bits per heavy atom. The molecule has 5 heteroatoms. The Balaban J connectivity index is 2.12. The summed E-state index contributed by atoms with van der Waals surface area (Å²) in [5.74, 6) is -1.70. The topological polar surface area (TPSA) is 78.5 Å². The van der Waals surface area contributed by atoms with Crippen molar-refractivity contribution in [1.29, 1.82) is 0 Å². The average Bonchev–Trinajstić information content (AvgIpc) is 2.81. The van der Waals surface area contributed by atoms with E-state index in [2.05, 4.69) is 5.32 Å². The lowest BCUT2D eigenvalue weighted by molar-refractivity contribution is -0.309. The first-order valence-electron chi connectivity index (χ1n) is 10.4. The first-order valence-corrected chi connectivity index (χ1v) is 10.4. The Hall–Kier alpha value is -3.44. The van der Waals surface area contributed by atoms with Gasteiger partial charge in [-0.05, 0) is 30.0 Å². The number of aliphatic carboxylic acids is 1. The normalized spacial score (nSPS) is 12.2. The second-order valence-electron chi connectivity index (χ2n) is 7.21. The van der Waals surface area contributed by atoms with Gasteiger partial charge in [0.05, 0.1) is 18.1 Å². The lowest BCUT2D eigenvalue weighted by Gasteiger charge is -2.40. The fourth-order valence-corrected chi connectivity index (χ4v) is 3.82. The highest BCUT2D eigenvalue weighted by Crippen LogP contribution is 2.37. The first kappa shape index (κ1) is 22.2. The first-order chi connectivity index (χ1) is 15.1. The Labute approximate surface area is 182 Å². The largest absolute Gasteiger partial charge is 0.548 e. The molecule has 3 aromatic carbocycles. The summed E-state index contributed by atoms with van der Waals surface area (Å²) in [4.78, 5) is 24.0. The molecule has 0 unspecified atom stereocenters. The number of ether oxygens (including phenoxy) is 1. The molecule has 0 aromatic heterocycles. The number of carboxylic acid groups (broad SMARTS) is 1. The second-order valence-corrected chi connectivity index (χ2v) is 7.21. The lowest BCUT2D eigenvalue weighted by atomic mass is 9.76. The van der Waals surface area contributed by atoms with E-state index in [1.165, 1.54) is 0 Å². The van der Waals surface area contributed by atoms with E-state index in [0.717, 1.165) is 16.7 Å². The third kappa shape index (κ3) is 5.19. The van der Waals surface area contributed by atoms with Gasteiger partial charge in [0.2, 0.25) is 0 Å². The molecule has 3 aromatic rings. The maximum absolute atomic E-state index is 12.1. The monoisotopic (exact) mass is 416 g/mol. The van der Waals surface area contributed by atoms with Crippen molar-refractivity contribution >= 4 is 11.9 Å². The van der Waals surface area contributed by atoms with E-state index in [4.69, 9.17) is 4.74 Å². The van der Waals surface area contributed by atoms with E-state index in [1.54, 1.807) is 6.92 Å². The molecule has 5 nitrogen and oxygen atoms in total. The number of carbonyl (C=O) groups is 2. The predicted molar refractivity (Wildman–Crippen MR) is 117 cm³/mol. The number of rotatable bonds is 10. The molecule has 160 valence electrons. The van der Waals surface area contributed by atoms with Crippen LogP contribution < -0.4 is 10.4 Å². The number of esters is 1. The van der Waals surface area contributed by atoms with Crippen LogP contribution in [0.25, 0.3) is 0 Å². The van der Waals surface area contributed by atoms with Crippen molar-refractivity contribution in [1.82, 2.24) is 5.32 Å². The molecule has 0 aliphatic carbocycles. The van der Waals surface area contributed by atoms with Crippen molar-refractivity contribution in [2.75, 3.05) is 6.61 Å². The van der Waals surface area contributed by atoms with E-state index in [-0.39, 0.29) is 19.4 Å². The molecule has 0 saturated heterocycles. The SMILES string of the molecule is CCOC(=O)CC[C@H](NC(c1ccccc1)(c1ccccc1)c1ccccc1)C(=O)[O-]. The van der Waals surface area contributed by atoms with Crippen molar-refractivity contribution in [3.8, 4) is 0 Å². The van der Waals surface area contributed by atoms with Gasteiger partial charge < -0.3 is 14.6 Å². The summed E-state index contributed by atoms with van der Waals surface area (Å²) < 4.78 is 4.98. The van der Waals surface area contributed by atoms with Crippen LogP contribution in [-0.2, 0) is 19.9 Å². The molecule has 0 amide bonds. The smallest absolute Gasteiger partial charge is 0.305 e. The van der Waals surface area contributed by atoms with Crippen molar-refractivity contribution in [3.05, 3.63) is 108 Å². The van der Waals surface area contributed by atoms with Crippen molar-refractivity contribution in [2.45, 2.75) is 31.3 Å². The van der Waals surface area contributed by atoms with Crippen LogP contribution >= 0.6 is 0 Å². The number of nitrogens with one attached hydrogen (secondary N) is 1. The van der Waals surface area contributed by atoms with Crippen molar-refractivity contribution < 1.29 is 19.4 Å². The molecule has 1 atom stereocenters. The lowest BCUT2D eigenvalue weighted by Crippen LogP contribution is -2.56. The third-order valence-corrected chi connectivity index (χ3v) is 5.24. The summed E-state index contributed by atoms with van der Waals surface area (Å²) in [5.41, 5.74) is 1.70. The minimum atomic E-state index is -1.27. The van der Waals surface area contributed by atoms with Gasteiger partial charge in [0.25, 0.3) is 0 Å².